The summed E-state index contributed by atoms with van der Waals surface area (Å²) in [5, 5.41) is 5.09. The Labute approximate surface area is 110 Å². The van der Waals surface area contributed by atoms with Crippen LogP contribution in [0.4, 0.5) is 0 Å². The predicted octanol–water partition coefficient (Wildman–Crippen LogP) is 2.94. The fourth-order valence-corrected chi connectivity index (χ4v) is 3.19. The Kier molecular flexibility index (Phi) is 5.86. The van der Waals surface area contributed by atoms with Crippen LogP contribution < -0.4 is 5.73 Å². The minimum atomic E-state index is 0.609. The van der Waals surface area contributed by atoms with Gasteiger partial charge in [0.05, 0.1) is 15.9 Å². The lowest BCUT2D eigenvalue weighted by Gasteiger charge is -2.10. The highest BCUT2D eigenvalue weighted by Gasteiger charge is 2.13. The maximum absolute atomic E-state index is 5.55. The van der Waals surface area contributed by atoms with Crippen molar-refractivity contribution in [2.24, 2.45) is 5.73 Å². The first kappa shape index (κ1) is 14.1. The third-order valence-electron chi connectivity index (χ3n) is 2.53. The summed E-state index contributed by atoms with van der Waals surface area (Å²) in [6.45, 7) is 8.07. The number of hydrogen-bond acceptors (Lipinski definition) is 3. The Balaban J connectivity index is 2.65. The van der Waals surface area contributed by atoms with E-state index in [1.807, 2.05) is 18.7 Å². The van der Waals surface area contributed by atoms with Gasteiger partial charge in [0.25, 0.3) is 0 Å². The van der Waals surface area contributed by atoms with Crippen molar-refractivity contribution in [3.05, 3.63) is 15.9 Å². The number of aromatic nitrogens is 2. The first-order chi connectivity index (χ1) is 7.60. The van der Waals surface area contributed by atoms with Gasteiger partial charge in [-0.05, 0) is 42.7 Å². The van der Waals surface area contributed by atoms with Gasteiger partial charge in [-0.15, -0.1) is 0 Å². The zero-order chi connectivity index (χ0) is 12.1. The van der Waals surface area contributed by atoms with E-state index < -0.39 is 0 Å². The van der Waals surface area contributed by atoms with Gasteiger partial charge in [-0.3, -0.25) is 4.68 Å². The van der Waals surface area contributed by atoms with Crippen molar-refractivity contribution in [3.63, 3.8) is 0 Å². The molecule has 0 saturated heterocycles. The number of nitrogens with two attached hydrogens (primary N) is 1. The van der Waals surface area contributed by atoms with Crippen LogP contribution in [0.3, 0.4) is 0 Å². The van der Waals surface area contributed by atoms with Gasteiger partial charge in [-0.1, -0.05) is 6.92 Å². The van der Waals surface area contributed by atoms with E-state index in [-0.39, 0.29) is 0 Å². The maximum atomic E-state index is 5.55. The van der Waals surface area contributed by atoms with Crippen molar-refractivity contribution in [1.82, 2.24) is 9.78 Å². The van der Waals surface area contributed by atoms with Crippen LogP contribution in [-0.2, 0) is 12.3 Å². The van der Waals surface area contributed by atoms with Gasteiger partial charge in [0.2, 0.25) is 0 Å². The molecule has 0 aliphatic carbocycles. The number of aryl methyl sites for hydroxylation is 2. The molecule has 0 aromatic carbocycles. The van der Waals surface area contributed by atoms with Crippen LogP contribution in [0, 0.1) is 6.92 Å². The zero-order valence-corrected chi connectivity index (χ0v) is 12.6. The molecule has 1 rings (SSSR count). The van der Waals surface area contributed by atoms with Gasteiger partial charge in [-0.25, -0.2) is 0 Å². The van der Waals surface area contributed by atoms with E-state index in [2.05, 4.69) is 39.6 Å². The predicted molar refractivity (Wildman–Crippen MR) is 74.8 cm³/mol. The maximum Gasteiger partial charge on any atom is 0.0739 e. The molecule has 1 heterocycles. The second-order valence-electron chi connectivity index (χ2n) is 3.86. The van der Waals surface area contributed by atoms with Crippen molar-refractivity contribution in [2.75, 3.05) is 6.54 Å². The van der Waals surface area contributed by atoms with Crippen LogP contribution in [0.1, 0.15) is 31.7 Å². The molecule has 1 aromatic rings. The molecule has 0 spiro atoms. The molecular weight excluding hydrogens is 286 g/mol. The molecule has 16 heavy (non-hydrogen) atoms. The van der Waals surface area contributed by atoms with Crippen LogP contribution >= 0.6 is 27.7 Å². The molecule has 0 amide bonds. The van der Waals surface area contributed by atoms with Crippen molar-refractivity contribution >= 4 is 27.7 Å². The third kappa shape index (κ3) is 3.50. The number of thioether (sulfide) groups is 1. The van der Waals surface area contributed by atoms with Crippen molar-refractivity contribution < 1.29 is 0 Å². The molecule has 5 heteroatoms. The second kappa shape index (κ2) is 6.67. The summed E-state index contributed by atoms with van der Waals surface area (Å²) in [7, 11) is 0. The Morgan fingerprint density at radius 3 is 2.81 bits per heavy atom. The molecule has 0 bridgehead atoms. The van der Waals surface area contributed by atoms with Gasteiger partial charge in [0.1, 0.15) is 0 Å². The van der Waals surface area contributed by atoms with Crippen LogP contribution in [-0.4, -0.2) is 21.6 Å². The quantitative estimate of drug-likeness (QED) is 0.879. The summed E-state index contributed by atoms with van der Waals surface area (Å²) in [5.41, 5.74) is 7.91. The largest absolute Gasteiger partial charge is 0.330 e. The molecule has 0 aliphatic heterocycles. The van der Waals surface area contributed by atoms with E-state index in [1.54, 1.807) is 0 Å². The molecule has 0 saturated carbocycles. The molecule has 2 N–H and O–H groups in total. The highest BCUT2D eigenvalue weighted by atomic mass is 79.9. The third-order valence-corrected chi connectivity index (χ3v) is 4.81. The Morgan fingerprint density at radius 1 is 1.56 bits per heavy atom. The van der Waals surface area contributed by atoms with E-state index in [0.717, 1.165) is 35.4 Å². The fourth-order valence-electron chi connectivity index (χ4n) is 1.55. The molecule has 1 unspecified atom stereocenters. The Morgan fingerprint density at radius 2 is 2.25 bits per heavy atom. The lowest BCUT2D eigenvalue weighted by molar-refractivity contribution is 0.631. The van der Waals surface area contributed by atoms with Gasteiger partial charge in [0, 0.05) is 17.5 Å². The summed E-state index contributed by atoms with van der Waals surface area (Å²) < 4.78 is 3.23. The summed E-state index contributed by atoms with van der Waals surface area (Å²) in [5.74, 6) is 0.996. The average Bonchev–Trinajstić information content (AvgIpc) is 2.53. The van der Waals surface area contributed by atoms with E-state index in [1.165, 1.54) is 5.69 Å². The van der Waals surface area contributed by atoms with Crippen LogP contribution in [0.5, 0.6) is 0 Å². The minimum absolute atomic E-state index is 0.609. The van der Waals surface area contributed by atoms with Gasteiger partial charge in [-0.2, -0.15) is 16.9 Å². The molecule has 92 valence electrons. The molecule has 0 aliphatic rings. The topological polar surface area (TPSA) is 43.8 Å². The highest BCUT2D eigenvalue weighted by Crippen LogP contribution is 2.27. The molecule has 1 aromatic heterocycles. The summed E-state index contributed by atoms with van der Waals surface area (Å²) >= 11 is 5.55. The average molecular weight is 306 g/mol. The number of rotatable bonds is 6. The van der Waals surface area contributed by atoms with Crippen LogP contribution in [0.15, 0.2) is 4.47 Å². The number of nitrogens with zero attached hydrogens (tertiary/aromatic N) is 2. The van der Waals surface area contributed by atoms with E-state index in [4.69, 9.17) is 5.73 Å². The molecule has 0 radical (unpaired) electrons. The second-order valence-corrected chi connectivity index (χ2v) is 6.08. The van der Waals surface area contributed by atoms with Gasteiger partial charge in [0.15, 0.2) is 0 Å². The lowest BCUT2D eigenvalue weighted by atomic mass is 10.3. The smallest absolute Gasteiger partial charge is 0.0739 e. The first-order valence-electron chi connectivity index (χ1n) is 5.63. The SMILES string of the molecule is CCn1nc(C)c(Br)c1CSC(C)CCN. The fraction of sp³-hybridized carbons (Fsp3) is 0.727. The minimum Gasteiger partial charge on any atom is -0.330 e. The Bertz CT molecular complexity index is 338. The van der Waals surface area contributed by atoms with Crippen molar-refractivity contribution in [3.8, 4) is 0 Å². The Hall–Kier alpha value is -0.0000000000000000763. The van der Waals surface area contributed by atoms with E-state index in [9.17, 15) is 0 Å². The summed E-state index contributed by atoms with van der Waals surface area (Å²) in [6.07, 6.45) is 1.07. The van der Waals surface area contributed by atoms with E-state index in [0.29, 0.717) is 5.25 Å². The highest BCUT2D eigenvalue weighted by molar-refractivity contribution is 9.10. The first-order valence-corrected chi connectivity index (χ1v) is 7.47. The number of hydrogen-bond donors (Lipinski definition) is 1. The van der Waals surface area contributed by atoms with Gasteiger partial charge >= 0.3 is 0 Å². The summed E-state index contributed by atoms with van der Waals surface area (Å²) in [4.78, 5) is 0. The van der Waals surface area contributed by atoms with Crippen molar-refractivity contribution in [1.29, 1.82) is 0 Å². The monoisotopic (exact) mass is 305 g/mol. The van der Waals surface area contributed by atoms with Crippen LogP contribution in [0.2, 0.25) is 0 Å². The molecule has 1 atom stereocenters. The molecule has 3 nitrogen and oxygen atoms in total. The van der Waals surface area contributed by atoms with Crippen molar-refractivity contribution in [2.45, 2.75) is 44.7 Å². The standard InChI is InChI=1S/C11H20BrN3S/c1-4-15-10(11(12)9(3)14-15)7-16-8(2)5-6-13/h8H,4-7,13H2,1-3H3. The summed E-state index contributed by atoms with van der Waals surface area (Å²) in [6, 6.07) is 0. The molecular formula is C11H20BrN3S. The molecule has 0 fully saturated rings. The number of halogens is 1. The van der Waals surface area contributed by atoms with Gasteiger partial charge < -0.3 is 5.73 Å². The normalized spacial score (nSPS) is 13.1. The zero-order valence-electron chi connectivity index (χ0n) is 10.2. The van der Waals surface area contributed by atoms with E-state index >= 15 is 0 Å². The lowest BCUT2D eigenvalue weighted by Crippen LogP contribution is -2.08. The van der Waals surface area contributed by atoms with Crippen LogP contribution in [0.25, 0.3) is 0 Å².